The number of carbonyl (C=O) groups excluding carboxylic acids is 2. The molecule has 0 atom stereocenters. The minimum absolute atomic E-state index is 0.118. The van der Waals surface area contributed by atoms with Crippen LogP contribution in [-0.4, -0.2) is 34.8 Å². The molecular formula is C17H26N2O2S. The Morgan fingerprint density at radius 2 is 1.82 bits per heavy atom. The molecule has 1 amide bonds. The molecule has 1 aromatic rings. The minimum Gasteiger partial charge on any atom is -0.328 e. The van der Waals surface area contributed by atoms with E-state index in [-0.39, 0.29) is 5.91 Å². The van der Waals surface area contributed by atoms with Gasteiger partial charge in [0.1, 0.15) is 0 Å². The van der Waals surface area contributed by atoms with E-state index in [1.54, 1.807) is 47.6 Å². The molecule has 1 aromatic carbocycles. The number of amides is 1. The summed E-state index contributed by atoms with van der Waals surface area (Å²) in [5.74, 6) is -0.118. The first-order valence-electron chi connectivity index (χ1n) is 7.86. The lowest BCUT2D eigenvalue weighted by atomic mass is 9.96. The van der Waals surface area contributed by atoms with Gasteiger partial charge in [0, 0.05) is 23.9 Å². The topological polar surface area (TPSA) is 63.4 Å². The van der Waals surface area contributed by atoms with Crippen molar-refractivity contribution in [3.8, 4) is 0 Å². The minimum atomic E-state index is -0.118. The summed E-state index contributed by atoms with van der Waals surface area (Å²) in [7, 11) is 1.77. The number of hydrogen-bond acceptors (Lipinski definition) is 4. The lowest BCUT2D eigenvalue weighted by Gasteiger charge is -2.28. The summed E-state index contributed by atoms with van der Waals surface area (Å²) in [6, 6.07) is 7.20. The second-order valence-corrected chi connectivity index (χ2v) is 6.58. The van der Waals surface area contributed by atoms with Crippen LogP contribution in [0.25, 0.3) is 0 Å². The van der Waals surface area contributed by atoms with Crippen molar-refractivity contribution in [2.24, 2.45) is 5.73 Å². The maximum atomic E-state index is 12.4. The molecule has 2 rings (SSSR count). The van der Waals surface area contributed by atoms with Crippen molar-refractivity contribution in [2.45, 2.75) is 50.8 Å². The maximum absolute atomic E-state index is 12.4. The maximum Gasteiger partial charge on any atom is 0.264 e. The van der Waals surface area contributed by atoms with E-state index in [1.807, 2.05) is 13.8 Å². The standard InChI is InChI=1S/C15H20N2O2S.C2H6/c1-17(20-13-8-6-12(16)7-9-13)15(19)14-5-3-2-4-11(14)10-18;1-2/h2-5,10,12-13H,6-9,16H2,1H3;1-2H3. The smallest absolute Gasteiger partial charge is 0.264 e. The van der Waals surface area contributed by atoms with E-state index >= 15 is 0 Å². The van der Waals surface area contributed by atoms with Gasteiger partial charge >= 0.3 is 0 Å². The fourth-order valence-corrected chi connectivity index (χ4v) is 3.55. The normalized spacial score (nSPS) is 20.5. The number of benzene rings is 1. The first kappa shape index (κ1) is 18.7. The Morgan fingerprint density at radius 3 is 2.41 bits per heavy atom. The summed E-state index contributed by atoms with van der Waals surface area (Å²) in [5.41, 5.74) is 6.79. The lowest BCUT2D eigenvalue weighted by Crippen LogP contribution is -2.30. The zero-order chi connectivity index (χ0) is 16.5. The Morgan fingerprint density at radius 1 is 1.23 bits per heavy atom. The Labute approximate surface area is 137 Å². The number of carbonyl (C=O) groups is 2. The third-order valence-corrected chi connectivity index (χ3v) is 4.88. The molecule has 0 spiro atoms. The van der Waals surface area contributed by atoms with Crippen LogP contribution in [0.5, 0.6) is 0 Å². The molecule has 2 N–H and O–H groups in total. The van der Waals surface area contributed by atoms with Crippen molar-refractivity contribution in [1.29, 1.82) is 0 Å². The van der Waals surface area contributed by atoms with E-state index in [0.717, 1.165) is 32.0 Å². The van der Waals surface area contributed by atoms with Gasteiger partial charge in [-0.25, -0.2) is 0 Å². The van der Waals surface area contributed by atoms with E-state index < -0.39 is 0 Å². The highest BCUT2D eigenvalue weighted by Gasteiger charge is 2.23. The molecule has 4 nitrogen and oxygen atoms in total. The van der Waals surface area contributed by atoms with Gasteiger partial charge in [-0.3, -0.25) is 13.9 Å². The summed E-state index contributed by atoms with van der Waals surface area (Å²) in [6.45, 7) is 4.00. The zero-order valence-corrected chi connectivity index (χ0v) is 14.4. The van der Waals surface area contributed by atoms with Crippen LogP contribution in [0, 0.1) is 0 Å². The van der Waals surface area contributed by atoms with E-state index in [9.17, 15) is 9.59 Å². The van der Waals surface area contributed by atoms with Crippen LogP contribution in [0.4, 0.5) is 0 Å². The van der Waals surface area contributed by atoms with Crippen LogP contribution in [0.15, 0.2) is 24.3 Å². The molecule has 0 heterocycles. The Bertz CT molecular complexity index is 485. The molecule has 0 radical (unpaired) electrons. The fraction of sp³-hybridized carbons (Fsp3) is 0.529. The molecule has 0 aromatic heterocycles. The van der Waals surface area contributed by atoms with Gasteiger partial charge in [0.25, 0.3) is 5.91 Å². The number of nitrogens with two attached hydrogens (primary N) is 1. The second kappa shape index (κ2) is 9.64. The molecule has 1 aliphatic carbocycles. The predicted octanol–water partition coefficient (Wildman–Crippen LogP) is 3.52. The van der Waals surface area contributed by atoms with Crippen molar-refractivity contribution < 1.29 is 9.59 Å². The van der Waals surface area contributed by atoms with Crippen molar-refractivity contribution in [1.82, 2.24) is 4.31 Å². The highest BCUT2D eigenvalue weighted by atomic mass is 32.2. The molecule has 0 unspecified atom stereocenters. The van der Waals surface area contributed by atoms with Gasteiger partial charge in [-0.1, -0.05) is 32.0 Å². The monoisotopic (exact) mass is 322 g/mol. The Balaban J connectivity index is 0.00000116. The van der Waals surface area contributed by atoms with E-state index in [0.29, 0.717) is 22.4 Å². The molecule has 122 valence electrons. The van der Waals surface area contributed by atoms with Gasteiger partial charge in [0.2, 0.25) is 0 Å². The molecule has 1 fully saturated rings. The van der Waals surface area contributed by atoms with Crippen LogP contribution >= 0.6 is 11.9 Å². The largest absolute Gasteiger partial charge is 0.328 e. The highest BCUT2D eigenvalue weighted by molar-refractivity contribution is 7.98. The molecular weight excluding hydrogens is 296 g/mol. The van der Waals surface area contributed by atoms with Gasteiger partial charge in [0.15, 0.2) is 6.29 Å². The van der Waals surface area contributed by atoms with Crippen LogP contribution < -0.4 is 5.73 Å². The van der Waals surface area contributed by atoms with Crippen LogP contribution in [0.2, 0.25) is 0 Å². The zero-order valence-electron chi connectivity index (χ0n) is 13.6. The third-order valence-electron chi connectivity index (χ3n) is 3.63. The average molecular weight is 322 g/mol. The van der Waals surface area contributed by atoms with Crippen LogP contribution in [0.1, 0.15) is 60.2 Å². The second-order valence-electron chi connectivity index (χ2n) is 5.15. The predicted molar refractivity (Wildman–Crippen MR) is 93.1 cm³/mol. The van der Waals surface area contributed by atoms with E-state index in [2.05, 4.69) is 0 Å². The highest BCUT2D eigenvalue weighted by Crippen LogP contribution is 2.30. The number of hydrogen-bond donors (Lipinski definition) is 1. The van der Waals surface area contributed by atoms with Crippen LogP contribution in [-0.2, 0) is 0 Å². The average Bonchev–Trinajstić information content (AvgIpc) is 2.58. The van der Waals surface area contributed by atoms with Gasteiger partial charge in [-0.05, 0) is 43.7 Å². The Hall–Kier alpha value is -1.33. The summed E-state index contributed by atoms with van der Waals surface area (Å²) < 4.78 is 1.64. The quantitative estimate of drug-likeness (QED) is 0.680. The molecule has 0 aliphatic heterocycles. The SMILES string of the molecule is CC.CN(SC1CCC(N)CC1)C(=O)c1ccccc1C=O. The first-order valence-corrected chi connectivity index (χ1v) is 8.70. The Kier molecular flexibility index (Phi) is 8.20. The third kappa shape index (κ3) is 5.14. The number of rotatable bonds is 4. The van der Waals surface area contributed by atoms with Crippen LogP contribution in [0.3, 0.4) is 0 Å². The summed E-state index contributed by atoms with van der Waals surface area (Å²) in [6.07, 6.45) is 4.85. The fourth-order valence-electron chi connectivity index (χ4n) is 2.43. The molecule has 22 heavy (non-hydrogen) atoms. The molecule has 0 bridgehead atoms. The van der Waals surface area contributed by atoms with Crippen molar-refractivity contribution in [3.05, 3.63) is 35.4 Å². The summed E-state index contributed by atoms with van der Waals surface area (Å²) in [5, 5.41) is 0.437. The first-order chi connectivity index (χ1) is 10.6. The van der Waals surface area contributed by atoms with E-state index in [1.165, 1.54) is 0 Å². The van der Waals surface area contributed by atoms with Gasteiger partial charge in [-0.15, -0.1) is 0 Å². The van der Waals surface area contributed by atoms with E-state index in [4.69, 9.17) is 5.73 Å². The lowest BCUT2D eigenvalue weighted by molar-refractivity contribution is 0.0887. The molecule has 0 saturated heterocycles. The van der Waals surface area contributed by atoms with Crippen molar-refractivity contribution in [3.63, 3.8) is 0 Å². The van der Waals surface area contributed by atoms with Gasteiger partial charge in [-0.2, -0.15) is 0 Å². The summed E-state index contributed by atoms with van der Waals surface area (Å²) in [4.78, 5) is 23.4. The molecule has 1 aliphatic rings. The van der Waals surface area contributed by atoms with Crippen molar-refractivity contribution in [2.75, 3.05) is 7.05 Å². The molecule has 5 heteroatoms. The summed E-state index contributed by atoms with van der Waals surface area (Å²) >= 11 is 1.56. The van der Waals surface area contributed by atoms with Crippen molar-refractivity contribution >= 4 is 24.1 Å². The number of nitrogens with zero attached hydrogens (tertiary/aromatic N) is 1. The molecule has 1 saturated carbocycles. The number of aldehydes is 1. The van der Waals surface area contributed by atoms with Gasteiger partial charge < -0.3 is 5.73 Å². The van der Waals surface area contributed by atoms with Gasteiger partial charge in [0.05, 0.1) is 5.56 Å².